The molecule has 2 heteroatoms. The van der Waals surface area contributed by atoms with E-state index in [0.717, 1.165) is 48.1 Å². The second kappa shape index (κ2) is 14.4. The normalized spacial score (nSPS) is 21.6. The van der Waals surface area contributed by atoms with Crippen molar-refractivity contribution in [2.24, 2.45) is 4.99 Å². The van der Waals surface area contributed by atoms with Crippen LogP contribution in [0.5, 0.6) is 0 Å². The van der Waals surface area contributed by atoms with Crippen molar-refractivity contribution in [3.8, 4) is 11.1 Å². The van der Waals surface area contributed by atoms with Crippen molar-refractivity contribution in [1.82, 2.24) is 5.32 Å². The van der Waals surface area contributed by atoms with Crippen molar-refractivity contribution in [1.29, 1.82) is 0 Å². The van der Waals surface area contributed by atoms with Crippen molar-refractivity contribution in [2.75, 3.05) is 0 Å². The number of fused-ring (bicyclic) bond motifs is 6. The van der Waals surface area contributed by atoms with Crippen LogP contribution in [0.25, 0.3) is 28.0 Å². The van der Waals surface area contributed by atoms with Gasteiger partial charge in [0.05, 0.1) is 11.8 Å². The topological polar surface area (TPSA) is 24.4 Å². The van der Waals surface area contributed by atoms with Crippen LogP contribution in [0.1, 0.15) is 85.4 Å². The van der Waals surface area contributed by atoms with Gasteiger partial charge in [-0.25, -0.2) is 0 Å². The first-order chi connectivity index (χ1) is 27.6. The molecule has 0 saturated heterocycles. The molecule has 0 radical (unpaired) electrons. The van der Waals surface area contributed by atoms with E-state index >= 15 is 0 Å². The molecule has 0 saturated carbocycles. The van der Waals surface area contributed by atoms with E-state index in [4.69, 9.17) is 4.99 Å². The monoisotopic (exact) mass is 724 g/mol. The van der Waals surface area contributed by atoms with Gasteiger partial charge >= 0.3 is 0 Å². The van der Waals surface area contributed by atoms with Crippen molar-refractivity contribution in [2.45, 2.75) is 57.4 Å². The third-order valence-electron chi connectivity index (χ3n) is 12.3. The lowest BCUT2D eigenvalue weighted by Crippen LogP contribution is -2.31. The summed E-state index contributed by atoms with van der Waals surface area (Å²) in [6, 6.07) is 46.6. The number of benzene rings is 5. The number of rotatable bonds is 6. The maximum Gasteiger partial charge on any atom is 0.133 e. The molecule has 1 aliphatic heterocycles. The molecule has 10 rings (SSSR count). The van der Waals surface area contributed by atoms with Gasteiger partial charge in [0.2, 0.25) is 0 Å². The Bertz CT molecular complexity index is 2590. The van der Waals surface area contributed by atoms with Gasteiger partial charge in [-0.15, -0.1) is 0 Å². The highest BCUT2D eigenvalue weighted by atomic mass is 15.0. The predicted octanol–water partition coefficient (Wildman–Crippen LogP) is 13.3. The minimum Gasteiger partial charge on any atom is -0.346 e. The quantitative estimate of drug-likeness (QED) is 0.185. The Morgan fingerprint density at radius 2 is 1.32 bits per heavy atom. The minimum atomic E-state index is -0.702. The lowest BCUT2D eigenvalue weighted by atomic mass is 9.64. The third kappa shape index (κ3) is 5.34. The number of hydrogen-bond donors (Lipinski definition) is 1. The third-order valence-corrected chi connectivity index (χ3v) is 12.3. The van der Waals surface area contributed by atoms with Gasteiger partial charge in [-0.1, -0.05) is 172 Å². The van der Waals surface area contributed by atoms with Crippen molar-refractivity contribution < 1.29 is 0 Å². The average Bonchev–Trinajstić information content (AvgIpc) is 3.74. The van der Waals surface area contributed by atoms with Crippen LogP contribution in [0.4, 0.5) is 0 Å². The molecular formula is C54H48N2. The number of aliphatic imine (C=N–C) groups is 1. The van der Waals surface area contributed by atoms with E-state index in [2.05, 4.69) is 183 Å². The standard InChI is InChI=1S/C52H42N2.C2H6/c1-3-41-45-30-29-38(37-20-16-23-40(31-37)51(39-21-8-5-9-22-39)33-49(53-34-54-51)36-18-6-4-7-19-36)32-48(45)52(50(41)42-24-11-10-17-35(42)2)46-27-14-12-25-43(46)44-26-13-15-28-47(44)52;1-2/h3-9,11-14,16,18-27,29-34H,1,10,15,17,28H2,2H3,(H,53,54);1-2H3. The van der Waals surface area contributed by atoms with Crippen LogP contribution < -0.4 is 5.32 Å². The molecule has 2 nitrogen and oxygen atoms in total. The molecule has 2 unspecified atom stereocenters. The molecule has 56 heavy (non-hydrogen) atoms. The van der Waals surface area contributed by atoms with Gasteiger partial charge in [-0.05, 0) is 129 Å². The zero-order chi connectivity index (χ0) is 38.3. The summed E-state index contributed by atoms with van der Waals surface area (Å²) in [5.74, 6) is 0. The van der Waals surface area contributed by atoms with E-state index in [1.54, 1.807) is 0 Å². The zero-order valence-electron chi connectivity index (χ0n) is 32.6. The summed E-state index contributed by atoms with van der Waals surface area (Å²) >= 11 is 0. The number of hydrogen-bond acceptors (Lipinski definition) is 2. The number of nitrogens with zero attached hydrogens (tertiary/aromatic N) is 1. The van der Waals surface area contributed by atoms with Gasteiger partial charge in [-0.3, -0.25) is 4.99 Å². The fraction of sp³-hybridized carbons (Fsp3) is 0.167. The second-order valence-corrected chi connectivity index (χ2v) is 15.1. The Labute approximate surface area is 332 Å². The molecule has 5 aromatic rings. The largest absolute Gasteiger partial charge is 0.346 e. The lowest BCUT2D eigenvalue weighted by molar-refractivity contribution is 0.677. The van der Waals surface area contributed by atoms with Gasteiger partial charge in [0.25, 0.3) is 0 Å². The molecule has 1 N–H and O–H groups in total. The summed E-state index contributed by atoms with van der Waals surface area (Å²) in [6.45, 7) is 10.8. The summed E-state index contributed by atoms with van der Waals surface area (Å²) in [6.07, 6.45) is 20.0. The Morgan fingerprint density at radius 1 is 0.643 bits per heavy atom. The molecule has 0 bridgehead atoms. The first-order valence-electron chi connectivity index (χ1n) is 20.3. The smallest absolute Gasteiger partial charge is 0.133 e. The summed E-state index contributed by atoms with van der Waals surface area (Å²) < 4.78 is 0. The number of allylic oxidation sites excluding steroid dienone is 11. The van der Waals surface area contributed by atoms with Crippen LogP contribution in [0.2, 0.25) is 0 Å². The Hall–Kier alpha value is -6.25. The molecule has 4 aliphatic carbocycles. The predicted molar refractivity (Wildman–Crippen MR) is 237 cm³/mol. The average molecular weight is 725 g/mol. The van der Waals surface area contributed by atoms with Crippen LogP contribution in [-0.2, 0) is 11.0 Å². The summed E-state index contributed by atoms with van der Waals surface area (Å²) in [7, 11) is 0. The number of nitrogens with one attached hydrogen (secondary N) is 1. The van der Waals surface area contributed by atoms with Crippen LogP contribution >= 0.6 is 0 Å². The van der Waals surface area contributed by atoms with E-state index in [0.29, 0.717) is 0 Å². The maximum atomic E-state index is 5.23. The van der Waals surface area contributed by atoms with Crippen LogP contribution in [-0.4, -0.2) is 6.34 Å². The molecule has 1 heterocycles. The molecular weight excluding hydrogens is 677 g/mol. The van der Waals surface area contributed by atoms with Crippen molar-refractivity contribution in [3.63, 3.8) is 0 Å². The van der Waals surface area contributed by atoms with Gasteiger partial charge in [0.15, 0.2) is 0 Å². The first-order valence-corrected chi connectivity index (χ1v) is 20.3. The summed E-state index contributed by atoms with van der Waals surface area (Å²) in [5, 5.41) is 3.45. The molecule has 0 aromatic heterocycles. The van der Waals surface area contributed by atoms with Crippen LogP contribution in [0.15, 0.2) is 198 Å². The molecule has 0 fully saturated rings. The molecule has 5 aliphatic rings. The van der Waals surface area contributed by atoms with E-state index in [1.807, 2.05) is 20.2 Å². The Kier molecular flexibility index (Phi) is 9.14. The minimum absolute atomic E-state index is 0.390. The maximum absolute atomic E-state index is 5.23. The Morgan fingerprint density at radius 3 is 2.11 bits per heavy atom. The highest BCUT2D eigenvalue weighted by Crippen LogP contribution is 2.65. The van der Waals surface area contributed by atoms with E-state index in [-0.39, 0.29) is 5.41 Å². The highest BCUT2D eigenvalue weighted by Gasteiger charge is 2.54. The van der Waals surface area contributed by atoms with Crippen molar-refractivity contribution >= 4 is 23.2 Å². The van der Waals surface area contributed by atoms with E-state index in [1.165, 1.54) is 66.8 Å². The zero-order valence-corrected chi connectivity index (χ0v) is 32.6. The SMILES string of the molecule is C=CC1=C(C2=C(C)CCC=C2)C2(C3=C(C=CCC3)c3ccccc32)c2cc(-c3cccc(C4(c5ccccc5)C=C(c5ccccc5)NC=N4)c3)ccc21.CC. The fourth-order valence-electron chi connectivity index (χ4n) is 9.87. The second-order valence-electron chi connectivity index (χ2n) is 15.1. The molecule has 5 aromatic carbocycles. The fourth-order valence-corrected chi connectivity index (χ4v) is 9.87. The highest BCUT2D eigenvalue weighted by molar-refractivity contribution is 6.01. The molecule has 274 valence electrons. The van der Waals surface area contributed by atoms with E-state index in [9.17, 15) is 0 Å². The summed E-state index contributed by atoms with van der Waals surface area (Å²) in [4.78, 5) is 5.23. The van der Waals surface area contributed by atoms with Crippen molar-refractivity contribution in [3.05, 3.63) is 232 Å². The van der Waals surface area contributed by atoms with Gasteiger partial charge in [-0.2, -0.15) is 0 Å². The van der Waals surface area contributed by atoms with Crippen LogP contribution in [0.3, 0.4) is 0 Å². The first kappa shape index (κ1) is 35.5. The summed E-state index contributed by atoms with van der Waals surface area (Å²) in [5.41, 5.74) is 19.5. The van der Waals surface area contributed by atoms with E-state index < -0.39 is 5.54 Å². The molecule has 2 atom stereocenters. The van der Waals surface area contributed by atoms with Gasteiger partial charge in [0, 0.05) is 5.70 Å². The van der Waals surface area contributed by atoms with Gasteiger partial charge in [0.1, 0.15) is 5.54 Å². The van der Waals surface area contributed by atoms with Crippen LogP contribution in [0, 0.1) is 0 Å². The lowest BCUT2D eigenvalue weighted by Gasteiger charge is -2.37. The molecule has 0 amide bonds. The Balaban J connectivity index is 0.00000202. The van der Waals surface area contributed by atoms with Gasteiger partial charge < -0.3 is 5.32 Å². The molecule has 1 spiro atoms.